The zero-order chi connectivity index (χ0) is 29.7. The second-order valence-electron chi connectivity index (χ2n) is 10.6. The molecule has 0 unspecified atom stereocenters. The number of fused-ring (bicyclic) bond motifs is 2. The summed E-state index contributed by atoms with van der Waals surface area (Å²) in [7, 11) is 0. The molecule has 0 bridgehead atoms. The highest BCUT2D eigenvalue weighted by atomic mass is 16.5. The highest BCUT2D eigenvalue weighted by molar-refractivity contribution is 5.88. The third-order valence-corrected chi connectivity index (χ3v) is 7.81. The lowest BCUT2D eigenvalue weighted by atomic mass is 9.84. The van der Waals surface area contributed by atoms with Crippen molar-refractivity contribution in [3.8, 4) is 23.0 Å². The topological polar surface area (TPSA) is 110 Å². The van der Waals surface area contributed by atoms with Gasteiger partial charge < -0.3 is 23.8 Å². The highest BCUT2D eigenvalue weighted by Gasteiger charge is 2.33. The van der Waals surface area contributed by atoms with Crippen molar-refractivity contribution < 1.29 is 23.8 Å². The Morgan fingerprint density at radius 1 is 0.595 bits per heavy atom. The van der Waals surface area contributed by atoms with Gasteiger partial charge in [0.25, 0.3) is 0 Å². The summed E-state index contributed by atoms with van der Waals surface area (Å²) in [6.07, 6.45) is 0. The van der Waals surface area contributed by atoms with Crippen LogP contribution in [0.1, 0.15) is 44.9 Å². The molecule has 42 heavy (non-hydrogen) atoms. The molecule has 0 radical (unpaired) electrons. The van der Waals surface area contributed by atoms with E-state index in [9.17, 15) is 19.8 Å². The van der Waals surface area contributed by atoms with E-state index in [2.05, 4.69) is 0 Å². The molecule has 2 heterocycles. The predicted octanol–water partition coefficient (Wildman–Crippen LogP) is 7.52. The Morgan fingerprint density at radius 2 is 1.07 bits per heavy atom. The van der Waals surface area contributed by atoms with Gasteiger partial charge in [-0.2, -0.15) is 0 Å². The van der Waals surface area contributed by atoms with Gasteiger partial charge in [-0.25, -0.2) is 9.59 Å². The number of para-hydroxylation sites is 1. The molecule has 0 fully saturated rings. The first-order valence-corrected chi connectivity index (χ1v) is 13.5. The number of rotatable bonds is 5. The summed E-state index contributed by atoms with van der Waals surface area (Å²) in [5, 5.41) is 23.8. The summed E-state index contributed by atoms with van der Waals surface area (Å²) >= 11 is 0. The van der Waals surface area contributed by atoms with Gasteiger partial charge in [0.05, 0.1) is 27.8 Å². The van der Waals surface area contributed by atoms with Crippen LogP contribution in [0.15, 0.2) is 97.3 Å². The van der Waals surface area contributed by atoms with Crippen LogP contribution in [0.25, 0.3) is 21.9 Å². The van der Waals surface area contributed by atoms with E-state index in [1.165, 1.54) is 0 Å². The summed E-state index contributed by atoms with van der Waals surface area (Å²) < 4.78 is 17.4. The van der Waals surface area contributed by atoms with E-state index in [1.807, 2.05) is 45.9 Å². The maximum atomic E-state index is 13.6. The van der Waals surface area contributed by atoms with E-state index < -0.39 is 17.2 Å². The monoisotopic (exact) mass is 560 g/mol. The molecule has 2 N–H and O–H groups in total. The van der Waals surface area contributed by atoms with Crippen molar-refractivity contribution in [1.82, 2.24) is 0 Å². The van der Waals surface area contributed by atoms with Crippen molar-refractivity contribution in [2.75, 3.05) is 0 Å². The number of aryl methyl sites for hydroxylation is 4. The summed E-state index contributed by atoms with van der Waals surface area (Å²) in [6, 6.07) is 22.8. The first-order chi connectivity index (χ1) is 20.1. The van der Waals surface area contributed by atoms with Crippen molar-refractivity contribution in [2.24, 2.45) is 0 Å². The summed E-state index contributed by atoms with van der Waals surface area (Å²) in [5.41, 5.74) is 2.27. The van der Waals surface area contributed by atoms with Gasteiger partial charge in [-0.05, 0) is 104 Å². The van der Waals surface area contributed by atoms with Crippen LogP contribution >= 0.6 is 0 Å². The van der Waals surface area contributed by atoms with Gasteiger partial charge in [-0.3, -0.25) is 0 Å². The van der Waals surface area contributed by atoms with Crippen LogP contribution in [0.2, 0.25) is 0 Å². The molecule has 6 rings (SSSR count). The zero-order valence-corrected chi connectivity index (χ0v) is 23.5. The minimum absolute atomic E-state index is 0.201. The third-order valence-electron chi connectivity index (χ3n) is 7.81. The molecule has 6 aromatic rings. The Morgan fingerprint density at radius 3 is 1.60 bits per heavy atom. The fraction of sp³-hybridized carbons (Fsp3) is 0.143. The van der Waals surface area contributed by atoms with Crippen molar-refractivity contribution in [1.29, 1.82) is 0 Å². The average Bonchev–Trinajstić information content (AvgIpc) is 2.95. The molecule has 2 aromatic heterocycles. The van der Waals surface area contributed by atoms with Crippen LogP contribution < -0.4 is 16.0 Å². The summed E-state index contributed by atoms with van der Waals surface area (Å²) in [6.45, 7) is 7.52. The lowest BCUT2D eigenvalue weighted by Crippen LogP contribution is -2.21. The molecule has 0 aliphatic rings. The average molecular weight is 561 g/mol. The van der Waals surface area contributed by atoms with Crippen LogP contribution in [0, 0.1) is 27.7 Å². The molecule has 0 saturated carbocycles. The van der Waals surface area contributed by atoms with Gasteiger partial charge in [-0.1, -0.05) is 30.3 Å². The molecule has 0 spiro atoms. The maximum absolute atomic E-state index is 13.6. The van der Waals surface area contributed by atoms with Crippen LogP contribution in [0.3, 0.4) is 0 Å². The fourth-order valence-electron chi connectivity index (χ4n) is 5.28. The third kappa shape index (κ3) is 4.59. The van der Waals surface area contributed by atoms with Gasteiger partial charge in [-0.15, -0.1) is 0 Å². The molecular formula is C35H28O7. The largest absolute Gasteiger partial charge is 0.507 e. The molecule has 210 valence electrons. The van der Waals surface area contributed by atoms with Crippen molar-refractivity contribution in [2.45, 2.75) is 33.6 Å². The van der Waals surface area contributed by atoms with Gasteiger partial charge in [0, 0.05) is 0 Å². The summed E-state index contributed by atoms with van der Waals surface area (Å²) in [4.78, 5) is 27.3. The van der Waals surface area contributed by atoms with E-state index in [1.54, 1.807) is 60.7 Å². The van der Waals surface area contributed by atoms with Crippen LogP contribution in [0.4, 0.5) is 0 Å². The highest BCUT2D eigenvalue weighted by Crippen LogP contribution is 2.43. The number of aromatic hydroxyl groups is 2. The molecule has 0 atom stereocenters. The molecular weight excluding hydrogens is 532 g/mol. The van der Waals surface area contributed by atoms with Gasteiger partial charge in [0.2, 0.25) is 0 Å². The predicted molar refractivity (Wildman–Crippen MR) is 161 cm³/mol. The number of hydrogen-bond acceptors (Lipinski definition) is 7. The first-order valence-electron chi connectivity index (χ1n) is 13.5. The Labute approximate surface area is 240 Å². The van der Waals surface area contributed by atoms with E-state index in [4.69, 9.17) is 13.6 Å². The molecule has 0 amide bonds. The Hall–Kier alpha value is -5.30. The van der Waals surface area contributed by atoms with Crippen molar-refractivity contribution >= 4 is 21.9 Å². The molecule has 0 saturated heterocycles. The standard InChI is InChI=1S/C35H28O7/c1-18-13-25-27(15-20(18)3)41-34(38)30(32(25)36)29(22-9-8-12-24(17-22)40-23-10-6-5-7-11-23)31-33(37)26-14-19(2)21(4)16-28(26)42-35(31)39/h5-17,29,36-37H,1-4H3. The SMILES string of the molecule is Cc1cc2oc(=O)c(C(c3cccc(Oc4ccccc4)c3)c3c(O)c4cc(C)c(C)cc4oc3=O)c(O)c2cc1C. The number of benzene rings is 4. The second-order valence-corrected chi connectivity index (χ2v) is 10.6. The van der Waals surface area contributed by atoms with Gasteiger partial charge in [0.15, 0.2) is 0 Å². The maximum Gasteiger partial charge on any atom is 0.344 e. The van der Waals surface area contributed by atoms with Crippen molar-refractivity contribution in [3.05, 3.63) is 139 Å². The minimum Gasteiger partial charge on any atom is -0.507 e. The van der Waals surface area contributed by atoms with E-state index in [0.717, 1.165) is 22.3 Å². The van der Waals surface area contributed by atoms with Gasteiger partial charge in [0.1, 0.15) is 34.2 Å². The zero-order valence-electron chi connectivity index (χ0n) is 23.5. The lowest BCUT2D eigenvalue weighted by Gasteiger charge is -2.21. The van der Waals surface area contributed by atoms with Crippen LogP contribution in [-0.2, 0) is 0 Å². The molecule has 7 nitrogen and oxygen atoms in total. The second kappa shape index (κ2) is 10.3. The quantitative estimate of drug-likeness (QED) is 0.210. The molecule has 4 aromatic carbocycles. The van der Waals surface area contributed by atoms with Gasteiger partial charge >= 0.3 is 11.3 Å². The Balaban J connectivity index is 1.66. The number of hydrogen-bond donors (Lipinski definition) is 2. The number of ether oxygens (including phenoxy) is 1. The van der Waals surface area contributed by atoms with Crippen LogP contribution in [-0.4, -0.2) is 10.2 Å². The molecule has 0 aliphatic carbocycles. The van der Waals surface area contributed by atoms with E-state index >= 15 is 0 Å². The first kappa shape index (κ1) is 26.9. The molecule has 7 heteroatoms. The smallest absolute Gasteiger partial charge is 0.344 e. The lowest BCUT2D eigenvalue weighted by molar-refractivity contribution is 0.440. The van der Waals surface area contributed by atoms with Crippen molar-refractivity contribution in [3.63, 3.8) is 0 Å². The Kier molecular flexibility index (Phi) is 6.58. The Bertz CT molecular complexity index is 2010. The van der Waals surface area contributed by atoms with E-state index in [-0.39, 0.29) is 33.8 Å². The normalized spacial score (nSPS) is 11.5. The van der Waals surface area contributed by atoms with Crippen LogP contribution in [0.5, 0.6) is 23.0 Å². The van der Waals surface area contributed by atoms with E-state index in [0.29, 0.717) is 27.8 Å². The minimum atomic E-state index is -1.26. The fourth-order valence-corrected chi connectivity index (χ4v) is 5.28. The molecule has 0 aliphatic heterocycles. The summed E-state index contributed by atoms with van der Waals surface area (Å²) in [5.74, 6) is -0.931.